The third kappa shape index (κ3) is 4.19. The molecule has 1 unspecified atom stereocenters. The van der Waals surface area contributed by atoms with Crippen LogP contribution in [0, 0.1) is 0 Å². The van der Waals surface area contributed by atoms with Gasteiger partial charge in [0.05, 0.1) is 6.61 Å². The molecule has 3 nitrogen and oxygen atoms in total. The van der Waals surface area contributed by atoms with Crippen LogP contribution in [-0.4, -0.2) is 24.7 Å². The summed E-state index contributed by atoms with van der Waals surface area (Å²) in [6, 6.07) is 5.46. The smallest absolute Gasteiger partial charge is 0.405 e. The molecule has 1 N–H and O–H groups in total. The van der Waals surface area contributed by atoms with E-state index < -0.39 is 17.7 Å². The first-order valence-corrected chi connectivity index (χ1v) is 5.41. The second kappa shape index (κ2) is 5.58. The Kier molecular flexibility index (Phi) is 4.59. The molecule has 0 saturated heterocycles. The summed E-state index contributed by atoms with van der Waals surface area (Å²) in [5.41, 5.74) is -1.51. The van der Waals surface area contributed by atoms with Crippen molar-refractivity contribution in [2.45, 2.75) is 25.8 Å². The van der Waals surface area contributed by atoms with Crippen LogP contribution < -0.4 is 4.74 Å². The minimum atomic E-state index is -4.79. The van der Waals surface area contributed by atoms with E-state index in [2.05, 4.69) is 4.74 Å². The van der Waals surface area contributed by atoms with E-state index in [0.717, 1.165) is 6.07 Å². The summed E-state index contributed by atoms with van der Waals surface area (Å²) in [6.45, 7) is 3.36. The van der Waals surface area contributed by atoms with E-state index >= 15 is 0 Å². The van der Waals surface area contributed by atoms with Crippen LogP contribution in [0.2, 0.25) is 0 Å². The predicted molar refractivity (Wildman–Crippen MR) is 59.2 cm³/mol. The van der Waals surface area contributed by atoms with E-state index in [1.807, 2.05) is 0 Å². The molecule has 0 radical (unpaired) electrons. The summed E-state index contributed by atoms with van der Waals surface area (Å²) in [7, 11) is 0. The van der Waals surface area contributed by atoms with Gasteiger partial charge in [-0.05, 0) is 19.9 Å². The number of rotatable bonds is 5. The molecule has 1 aromatic carbocycles. The Balaban J connectivity index is 3.00. The fourth-order valence-corrected chi connectivity index (χ4v) is 1.50. The summed E-state index contributed by atoms with van der Waals surface area (Å²) in [5, 5.41) is 10.1. The summed E-state index contributed by atoms with van der Waals surface area (Å²) >= 11 is 0. The first kappa shape index (κ1) is 14.8. The van der Waals surface area contributed by atoms with Crippen molar-refractivity contribution in [1.82, 2.24) is 0 Å². The SMILES string of the molecule is CCOCC(C)(O)c1ccccc1OC(F)(F)F. The summed E-state index contributed by atoms with van der Waals surface area (Å²) in [6.07, 6.45) is -4.79. The van der Waals surface area contributed by atoms with Crippen molar-refractivity contribution in [3.05, 3.63) is 29.8 Å². The van der Waals surface area contributed by atoms with Crippen molar-refractivity contribution in [3.63, 3.8) is 0 Å². The zero-order valence-electron chi connectivity index (χ0n) is 10.1. The van der Waals surface area contributed by atoms with Gasteiger partial charge in [0.25, 0.3) is 0 Å². The Morgan fingerprint density at radius 3 is 2.39 bits per heavy atom. The third-order valence-corrected chi connectivity index (χ3v) is 2.28. The molecular weight excluding hydrogens is 249 g/mol. The van der Waals surface area contributed by atoms with Gasteiger partial charge in [0.2, 0.25) is 0 Å². The van der Waals surface area contributed by atoms with E-state index in [1.54, 1.807) is 6.92 Å². The van der Waals surface area contributed by atoms with Crippen LogP contribution in [0.1, 0.15) is 19.4 Å². The number of hydrogen-bond donors (Lipinski definition) is 1. The van der Waals surface area contributed by atoms with E-state index in [4.69, 9.17) is 4.74 Å². The molecule has 0 heterocycles. The second-order valence-electron chi connectivity index (χ2n) is 3.95. The molecule has 1 rings (SSSR count). The molecule has 0 aromatic heterocycles. The lowest BCUT2D eigenvalue weighted by molar-refractivity contribution is -0.275. The molecule has 0 saturated carbocycles. The lowest BCUT2D eigenvalue weighted by atomic mass is 9.96. The standard InChI is InChI=1S/C12H15F3O3/c1-3-17-8-11(2,16)9-6-4-5-7-10(9)18-12(13,14)15/h4-7,16H,3,8H2,1-2H3. The third-order valence-electron chi connectivity index (χ3n) is 2.28. The van der Waals surface area contributed by atoms with E-state index in [1.165, 1.54) is 25.1 Å². The van der Waals surface area contributed by atoms with Crippen LogP contribution in [0.5, 0.6) is 5.75 Å². The van der Waals surface area contributed by atoms with Crippen LogP contribution in [0.15, 0.2) is 24.3 Å². The number of para-hydroxylation sites is 1. The highest BCUT2D eigenvalue weighted by Crippen LogP contribution is 2.33. The van der Waals surface area contributed by atoms with Crippen molar-refractivity contribution < 1.29 is 27.8 Å². The lowest BCUT2D eigenvalue weighted by Gasteiger charge is -2.26. The average molecular weight is 264 g/mol. The van der Waals surface area contributed by atoms with Crippen molar-refractivity contribution in [1.29, 1.82) is 0 Å². The monoisotopic (exact) mass is 264 g/mol. The molecular formula is C12H15F3O3. The molecule has 0 amide bonds. The molecule has 0 fully saturated rings. The van der Waals surface area contributed by atoms with Gasteiger partial charge in [0.15, 0.2) is 0 Å². The van der Waals surface area contributed by atoms with Crippen LogP contribution in [-0.2, 0) is 10.3 Å². The molecule has 0 spiro atoms. The van der Waals surface area contributed by atoms with Crippen molar-refractivity contribution in [2.24, 2.45) is 0 Å². The fraction of sp³-hybridized carbons (Fsp3) is 0.500. The predicted octanol–water partition coefficient (Wildman–Crippen LogP) is 2.83. The molecule has 102 valence electrons. The van der Waals surface area contributed by atoms with Crippen molar-refractivity contribution in [3.8, 4) is 5.75 Å². The van der Waals surface area contributed by atoms with Gasteiger partial charge < -0.3 is 14.6 Å². The van der Waals surface area contributed by atoms with Crippen LogP contribution in [0.4, 0.5) is 13.2 Å². The maximum Gasteiger partial charge on any atom is 0.573 e. The van der Waals surface area contributed by atoms with Gasteiger partial charge in [0.1, 0.15) is 11.4 Å². The number of halogens is 3. The molecule has 0 aliphatic carbocycles. The number of benzene rings is 1. The van der Waals surface area contributed by atoms with Gasteiger partial charge in [0, 0.05) is 12.2 Å². The fourth-order valence-electron chi connectivity index (χ4n) is 1.50. The molecule has 1 aromatic rings. The highest BCUT2D eigenvalue weighted by molar-refractivity contribution is 5.37. The van der Waals surface area contributed by atoms with Gasteiger partial charge in [-0.25, -0.2) is 0 Å². The van der Waals surface area contributed by atoms with E-state index in [9.17, 15) is 18.3 Å². The minimum absolute atomic E-state index is 0.0378. The Bertz CT molecular complexity index is 388. The van der Waals surface area contributed by atoms with Gasteiger partial charge in [-0.3, -0.25) is 0 Å². The minimum Gasteiger partial charge on any atom is -0.405 e. The quantitative estimate of drug-likeness (QED) is 0.888. The van der Waals surface area contributed by atoms with Gasteiger partial charge in [-0.2, -0.15) is 0 Å². The lowest BCUT2D eigenvalue weighted by Crippen LogP contribution is -2.30. The van der Waals surface area contributed by atoms with Gasteiger partial charge >= 0.3 is 6.36 Å². The van der Waals surface area contributed by atoms with Gasteiger partial charge in [-0.1, -0.05) is 18.2 Å². The number of alkyl halides is 3. The second-order valence-corrected chi connectivity index (χ2v) is 3.95. The number of aliphatic hydroxyl groups is 1. The zero-order valence-corrected chi connectivity index (χ0v) is 10.1. The van der Waals surface area contributed by atoms with E-state index in [-0.39, 0.29) is 12.2 Å². The highest BCUT2D eigenvalue weighted by Gasteiger charge is 2.35. The Morgan fingerprint density at radius 2 is 1.83 bits per heavy atom. The number of ether oxygens (including phenoxy) is 2. The molecule has 0 bridgehead atoms. The maximum absolute atomic E-state index is 12.2. The van der Waals surface area contributed by atoms with Gasteiger partial charge in [-0.15, -0.1) is 13.2 Å². The zero-order chi connectivity index (χ0) is 13.8. The Morgan fingerprint density at radius 1 is 1.22 bits per heavy atom. The first-order valence-electron chi connectivity index (χ1n) is 5.41. The Labute approximate surface area is 103 Å². The topological polar surface area (TPSA) is 38.7 Å². The molecule has 1 atom stereocenters. The largest absolute Gasteiger partial charge is 0.573 e. The van der Waals surface area contributed by atoms with Crippen molar-refractivity contribution >= 4 is 0 Å². The van der Waals surface area contributed by atoms with Crippen LogP contribution in [0.3, 0.4) is 0 Å². The van der Waals surface area contributed by atoms with E-state index in [0.29, 0.717) is 6.61 Å². The van der Waals surface area contributed by atoms with Crippen molar-refractivity contribution in [2.75, 3.05) is 13.2 Å². The van der Waals surface area contributed by atoms with Crippen LogP contribution >= 0.6 is 0 Å². The summed E-state index contributed by atoms with van der Waals surface area (Å²) in [4.78, 5) is 0. The Hall–Kier alpha value is -1.27. The first-order chi connectivity index (χ1) is 8.26. The summed E-state index contributed by atoms with van der Waals surface area (Å²) in [5.74, 6) is -0.422. The summed E-state index contributed by atoms with van der Waals surface area (Å²) < 4.78 is 45.6. The number of hydrogen-bond acceptors (Lipinski definition) is 3. The molecule has 0 aliphatic heterocycles. The average Bonchev–Trinajstić information content (AvgIpc) is 2.25. The molecule has 18 heavy (non-hydrogen) atoms. The normalized spacial score (nSPS) is 15.2. The van der Waals surface area contributed by atoms with Crippen LogP contribution in [0.25, 0.3) is 0 Å². The molecule has 6 heteroatoms. The molecule has 0 aliphatic rings. The highest BCUT2D eigenvalue weighted by atomic mass is 19.4. The maximum atomic E-state index is 12.2.